The van der Waals surface area contributed by atoms with E-state index in [1.165, 1.54) is 6.07 Å². The van der Waals surface area contributed by atoms with Crippen LogP contribution in [0.2, 0.25) is 5.02 Å². The number of hydrogen-bond acceptors (Lipinski definition) is 4. The number of carbonyl (C=O) groups is 1. The zero-order valence-corrected chi connectivity index (χ0v) is 14.5. The number of hydrogen-bond donors (Lipinski definition) is 1. The summed E-state index contributed by atoms with van der Waals surface area (Å²) in [5.74, 6) is 0.128. The van der Waals surface area contributed by atoms with Crippen molar-refractivity contribution in [2.24, 2.45) is 0 Å². The van der Waals surface area contributed by atoms with Crippen molar-refractivity contribution in [2.45, 2.75) is 20.0 Å². The van der Waals surface area contributed by atoms with Crippen molar-refractivity contribution in [3.63, 3.8) is 0 Å². The highest BCUT2D eigenvalue weighted by Crippen LogP contribution is 2.23. The fraction of sp³-hybridized carbons (Fsp3) is 0.158. The van der Waals surface area contributed by atoms with Crippen LogP contribution in [-0.4, -0.2) is 12.0 Å². The van der Waals surface area contributed by atoms with Crippen molar-refractivity contribution in [2.75, 3.05) is 5.32 Å². The Balaban J connectivity index is 1.76. The summed E-state index contributed by atoms with van der Waals surface area (Å²) in [7, 11) is 0. The second kappa shape index (κ2) is 6.99. The average molecular weight is 358 g/mol. The molecular weight excluding hydrogens is 342 g/mol. The van der Waals surface area contributed by atoms with Crippen LogP contribution < -0.4 is 15.7 Å². The Kier molecular flexibility index (Phi) is 4.76. The van der Waals surface area contributed by atoms with Gasteiger partial charge in [0.05, 0.1) is 0 Å². The van der Waals surface area contributed by atoms with Crippen molar-refractivity contribution in [3.05, 3.63) is 69.5 Å². The van der Waals surface area contributed by atoms with Crippen molar-refractivity contribution >= 4 is 34.2 Å². The lowest BCUT2D eigenvalue weighted by Gasteiger charge is -2.15. The van der Waals surface area contributed by atoms with Gasteiger partial charge in [-0.3, -0.25) is 4.79 Å². The van der Waals surface area contributed by atoms with Crippen LogP contribution in [-0.2, 0) is 4.79 Å². The Morgan fingerprint density at radius 2 is 2.00 bits per heavy atom. The van der Waals surface area contributed by atoms with E-state index in [9.17, 15) is 9.59 Å². The minimum Gasteiger partial charge on any atom is -0.481 e. The third kappa shape index (κ3) is 4.00. The number of ether oxygens (including phenoxy) is 1. The first-order valence-corrected chi connectivity index (χ1v) is 8.08. The van der Waals surface area contributed by atoms with Crippen molar-refractivity contribution < 1.29 is 13.9 Å². The molecule has 0 aliphatic carbocycles. The maximum Gasteiger partial charge on any atom is 0.336 e. The number of benzene rings is 2. The summed E-state index contributed by atoms with van der Waals surface area (Å²) in [5, 5.41) is 4.09. The predicted molar refractivity (Wildman–Crippen MR) is 97.4 cm³/mol. The van der Waals surface area contributed by atoms with Gasteiger partial charge in [-0.25, -0.2) is 4.79 Å². The summed E-state index contributed by atoms with van der Waals surface area (Å²) < 4.78 is 10.8. The molecule has 0 spiro atoms. The molecule has 25 heavy (non-hydrogen) atoms. The fourth-order valence-corrected chi connectivity index (χ4v) is 2.64. The lowest BCUT2D eigenvalue weighted by Crippen LogP contribution is -2.30. The number of anilines is 1. The monoisotopic (exact) mass is 357 g/mol. The first-order valence-electron chi connectivity index (χ1n) is 7.70. The maximum absolute atomic E-state index is 12.2. The molecule has 0 bridgehead atoms. The third-order valence-electron chi connectivity index (χ3n) is 3.70. The van der Waals surface area contributed by atoms with Gasteiger partial charge in [-0.2, -0.15) is 0 Å². The Bertz CT molecular complexity index is 996. The fourth-order valence-electron chi connectivity index (χ4n) is 2.45. The molecule has 128 valence electrons. The van der Waals surface area contributed by atoms with Crippen LogP contribution in [0.15, 0.2) is 57.7 Å². The SMILES string of the molecule is Cc1cc(=O)oc2cc(O[C@H](C)C(=O)Nc3cccc(Cl)c3)ccc12. The molecule has 3 aromatic rings. The Morgan fingerprint density at radius 3 is 2.76 bits per heavy atom. The molecule has 0 saturated heterocycles. The van der Waals surface area contributed by atoms with E-state index in [0.29, 0.717) is 22.0 Å². The Labute approximate surface area is 149 Å². The summed E-state index contributed by atoms with van der Waals surface area (Å²) >= 11 is 5.90. The van der Waals surface area contributed by atoms with E-state index in [1.54, 1.807) is 49.4 Å². The van der Waals surface area contributed by atoms with E-state index in [2.05, 4.69) is 5.32 Å². The second-order valence-corrected chi connectivity index (χ2v) is 6.10. The molecule has 5 nitrogen and oxygen atoms in total. The van der Waals surface area contributed by atoms with Gasteiger partial charge in [-0.15, -0.1) is 0 Å². The largest absolute Gasteiger partial charge is 0.481 e. The maximum atomic E-state index is 12.2. The molecule has 1 heterocycles. The highest BCUT2D eigenvalue weighted by molar-refractivity contribution is 6.30. The quantitative estimate of drug-likeness (QED) is 0.712. The van der Waals surface area contributed by atoms with Gasteiger partial charge >= 0.3 is 5.63 Å². The lowest BCUT2D eigenvalue weighted by atomic mass is 10.1. The topological polar surface area (TPSA) is 68.5 Å². The summed E-state index contributed by atoms with van der Waals surface area (Å²) in [5.41, 5.74) is 1.41. The smallest absolute Gasteiger partial charge is 0.336 e. The summed E-state index contributed by atoms with van der Waals surface area (Å²) in [6.07, 6.45) is -0.743. The predicted octanol–water partition coefficient (Wildman–Crippen LogP) is 4.16. The number of halogens is 1. The zero-order chi connectivity index (χ0) is 18.0. The standard InChI is InChI=1S/C19H16ClNO4/c1-11-8-18(22)25-17-10-15(6-7-16(11)17)24-12(2)19(23)21-14-5-3-4-13(20)9-14/h3-10,12H,1-2H3,(H,21,23)/t12-/m1/s1. The number of fused-ring (bicyclic) bond motifs is 1. The molecule has 0 aliphatic heterocycles. The van der Waals surface area contributed by atoms with Gasteiger partial charge in [0.2, 0.25) is 0 Å². The van der Waals surface area contributed by atoms with Gasteiger partial charge in [-0.05, 0) is 49.7 Å². The van der Waals surface area contributed by atoms with E-state index in [1.807, 2.05) is 6.92 Å². The van der Waals surface area contributed by atoms with Crippen LogP contribution in [0.3, 0.4) is 0 Å². The first-order chi connectivity index (χ1) is 11.9. The van der Waals surface area contributed by atoms with Crippen LogP contribution in [0.5, 0.6) is 5.75 Å². The van der Waals surface area contributed by atoms with Crippen molar-refractivity contribution in [1.29, 1.82) is 0 Å². The van der Waals surface area contributed by atoms with Gasteiger partial charge in [0.15, 0.2) is 6.10 Å². The molecule has 0 unspecified atom stereocenters. The number of nitrogens with one attached hydrogen (secondary N) is 1. The summed E-state index contributed by atoms with van der Waals surface area (Å²) in [6.45, 7) is 3.47. The highest BCUT2D eigenvalue weighted by Gasteiger charge is 2.16. The lowest BCUT2D eigenvalue weighted by molar-refractivity contribution is -0.122. The molecule has 2 aromatic carbocycles. The van der Waals surface area contributed by atoms with Crippen LogP contribution in [0.4, 0.5) is 5.69 Å². The van der Waals surface area contributed by atoms with E-state index in [-0.39, 0.29) is 5.91 Å². The molecule has 1 N–H and O–H groups in total. The molecule has 3 rings (SSSR count). The minimum atomic E-state index is -0.743. The molecule has 6 heteroatoms. The molecule has 0 fully saturated rings. The molecule has 1 amide bonds. The molecule has 0 saturated carbocycles. The van der Waals surface area contributed by atoms with E-state index in [0.717, 1.165) is 10.9 Å². The first kappa shape index (κ1) is 17.0. The third-order valence-corrected chi connectivity index (χ3v) is 3.93. The van der Waals surface area contributed by atoms with E-state index >= 15 is 0 Å². The highest BCUT2D eigenvalue weighted by atomic mass is 35.5. The van der Waals surface area contributed by atoms with Gasteiger partial charge in [0.1, 0.15) is 11.3 Å². The van der Waals surface area contributed by atoms with Crippen LogP contribution in [0.1, 0.15) is 12.5 Å². The number of amides is 1. The number of carbonyl (C=O) groups excluding carboxylic acids is 1. The van der Waals surface area contributed by atoms with Gasteiger partial charge in [-0.1, -0.05) is 17.7 Å². The van der Waals surface area contributed by atoms with Crippen LogP contribution in [0.25, 0.3) is 11.0 Å². The van der Waals surface area contributed by atoms with Crippen molar-refractivity contribution in [3.8, 4) is 5.75 Å². The minimum absolute atomic E-state index is 0.312. The van der Waals surface area contributed by atoms with Crippen LogP contribution in [0, 0.1) is 6.92 Å². The van der Waals surface area contributed by atoms with Crippen LogP contribution >= 0.6 is 11.6 Å². The molecular formula is C19H16ClNO4. The van der Waals surface area contributed by atoms with Crippen molar-refractivity contribution in [1.82, 2.24) is 0 Å². The second-order valence-electron chi connectivity index (χ2n) is 5.67. The normalized spacial score (nSPS) is 12.0. The van der Waals surface area contributed by atoms with Gasteiger partial charge in [0, 0.05) is 28.2 Å². The molecule has 0 aliphatic rings. The van der Waals surface area contributed by atoms with Gasteiger partial charge in [0.25, 0.3) is 5.91 Å². The molecule has 0 radical (unpaired) electrons. The number of rotatable bonds is 4. The Morgan fingerprint density at radius 1 is 1.20 bits per heavy atom. The zero-order valence-electron chi connectivity index (χ0n) is 13.7. The van der Waals surface area contributed by atoms with E-state index < -0.39 is 11.7 Å². The summed E-state index contributed by atoms with van der Waals surface area (Å²) in [4.78, 5) is 23.7. The van der Waals surface area contributed by atoms with E-state index in [4.69, 9.17) is 20.8 Å². The number of aryl methyl sites for hydroxylation is 1. The molecule has 1 atom stereocenters. The average Bonchev–Trinajstić information content (AvgIpc) is 2.54. The molecule has 1 aromatic heterocycles. The Hall–Kier alpha value is -2.79. The van der Waals surface area contributed by atoms with Gasteiger partial charge < -0.3 is 14.5 Å². The summed E-state index contributed by atoms with van der Waals surface area (Å²) in [6, 6.07) is 13.4.